The molecule has 0 atom stereocenters. The van der Waals surface area contributed by atoms with Gasteiger partial charge < -0.3 is 10.4 Å². The highest BCUT2D eigenvalue weighted by Crippen LogP contribution is 2.35. The molecule has 1 amide bonds. The van der Waals surface area contributed by atoms with E-state index in [9.17, 15) is 9.90 Å². The zero-order chi connectivity index (χ0) is 17.5. The second kappa shape index (κ2) is 8.30. The van der Waals surface area contributed by atoms with E-state index in [1.54, 1.807) is 0 Å². The topological polar surface area (TPSA) is 49.3 Å². The van der Waals surface area contributed by atoms with E-state index in [0.717, 1.165) is 36.8 Å². The van der Waals surface area contributed by atoms with E-state index in [2.05, 4.69) is 5.32 Å². The van der Waals surface area contributed by atoms with Gasteiger partial charge in [-0.25, -0.2) is 0 Å². The second-order valence-electron chi connectivity index (χ2n) is 7.19. The maximum absolute atomic E-state index is 13.1. The number of aliphatic hydroxyl groups is 1. The van der Waals surface area contributed by atoms with E-state index < -0.39 is 0 Å². The second-order valence-corrected chi connectivity index (χ2v) is 7.19. The van der Waals surface area contributed by atoms with Gasteiger partial charge in [0.15, 0.2) is 0 Å². The van der Waals surface area contributed by atoms with Crippen LogP contribution >= 0.6 is 0 Å². The average molecular weight is 337 g/mol. The summed E-state index contributed by atoms with van der Waals surface area (Å²) in [6.07, 6.45) is 5.48. The number of hydrogen-bond donors (Lipinski definition) is 2. The molecule has 0 saturated heterocycles. The van der Waals surface area contributed by atoms with Crippen LogP contribution in [-0.2, 0) is 4.79 Å². The normalized spacial score (nSPS) is 16.6. The van der Waals surface area contributed by atoms with E-state index in [1.807, 2.05) is 60.7 Å². The van der Waals surface area contributed by atoms with Crippen LogP contribution < -0.4 is 5.32 Å². The van der Waals surface area contributed by atoms with Crippen LogP contribution in [0.15, 0.2) is 60.7 Å². The summed E-state index contributed by atoms with van der Waals surface area (Å²) < 4.78 is 0. The summed E-state index contributed by atoms with van der Waals surface area (Å²) in [7, 11) is 0. The number of carbonyl (C=O) groups is 1. The van der Waals surface area contributed by atoms with Crippen molar-refractivity contribution >= 4 is 5.91 Å². The quantitative estimate of drug-likeness (QED) is 0.840. The average Bonchev–Trinajstić information content (AvgIpc) is 2.69. The number of benzene rings is 2. The molecule has 0 spiro atoms. The summed E-state index contributed by atoms with van der Waals surface area (Å²) in [5, 5.41) is 13.0. The number of amides is 1. The van der Waals surface area contributed by atoms with Crippen molar-refractivity contribution < 1.29 is 9.90 Å². The van der Waals surface area contributed by atoms with Gasteiger partial charge in [0.2, 0.25) is 5.91 Å². The van der Waals surface area contributed by atoms with Crippen LogP contribution in [0, 0.1) is 5.41 Å². The molecule has 2 aromatic carbocycles. The third-order valence-corrected chi connectivity index (χ3v) is 5.42. The third-order valence-electron chi connectivity index (χ3n) is 5.42. The summed E-state index contributed by atoms with van der Waals surface area (Å²) in [6.45, 7) is 0.702. The van der Waals surface area contributed by atoms with Crippen LogP contribution in [0.4, 0.5) is 0 Å². The fraction of sp³-hybridized carbons (Fsp3) is 0.409. The van der Waals surface area contributed by atoms with Crippen LogP contribution in [0.3, 0.4) is 0 Å². The van der Waals surface area contributed by atoms with Crippen molar-refractivity contribution in [2.24, 2.45) is 5.41 Å². The molecule has 3 nitrogen and oxygen atoms in total. The molecule has 3 rings (SSSR count). The van der Waals surface area contributed by atoms with Gasteiger partial charge in [-0.3, -0.25) is 4.79 Å². The van der Waals surface area contributed by atoms with Crippen molar-refractivity contribution in [3.05, 3.63) is 71.8 Å². The molecule has 0 aromatic heterocycles. The first-order valence-corrected chi connectivity index (χ1v) is 9.23. The molecular formula is C22H27NO2. The molecule has 1 aliphatic carbocycles. The van der Waals surface area contributed by atoms with E-state index in [4.69, 9.17) is 0 Å². The summed E-state index contributed by atoms with van der Waals surface area (Å²) in [5.74, 6) is -0.308. The Morgan fingerprint density at radius 1 is 0.920 bits per heavy atom. The molecule has 3 heteroatoms. The van der Waals surface area contributed by atoms with Crippen LogP contribution in [0.1, 0.15) is 49.1 Å². The Morgan fingerprint density at radius 2 is 1.44 bits per heavy atom. The molecule has 0 heterocycles. The van der Waals surface area contributed by atoms with Crippen molar-refractivity contribution in [3.63, 3.8) is 0 Å². The molecule has 0 bridgehead atoms. The SMILES string of the molecule is O=C(NCC1(CO)CCCCC1)C(c1ccccc1)c1ccccc1. The molecule has 1 fully saturated rings. The Balaban J connectivity index is 1.78. The van der Waals surface area contributed by atoms with E-state index in [0.29, 0.717) is 6.54 Å². The fourth-order valence-electron chi connectivity index (χ4n) is 3.86. The largest absolute Gasteiger partial charge is 0.396 e. The lowest BCUT2D eigenvalue weighted by Crippen LogP contribution is -2.43. The Kier molecular flexibility index (Phi) is 5.87. The van der Waals surface area contributed by atoms with Gasteiger partial charge in [0.1, 0.15) is 0 Å². The minimum Gasteiger partial charge on any atom is -0.396 e. The monoisotopic (exact) mass is 337 g/mol. The number of nitrogens with one attached hydrogen (secondary N) is 1. The van der Waals surface area contributed by atoms with Crippen LogP contribution in [-0.4, -0.2) is 24.2 Å². The van der Waals surface area contributed by atoms with Gasteiger partial charge in [-0.05, 0) is 24.0 Å². The Hall–Kier alpha value is -2.13. The maximum Gasteiger partial charge on any atom is 0.232 e. The lowest BCUT2D eigenvalue weighted by Gasteiger charge is -2.36. The molecule has 1 saturated carbocycles. The van der Waals surface area contributed by atoms with Gasteiger partial charge >= 0.3 is 0 Å². The molecule has 1 aliphatic rings. The molecule has 0 aliphatic heterocycles. The predicted octanol–water partition coefficient (Wildman–Crippen LogP) is 3.88. The molecule has 0 radical (unpaired) electrons. The standard InChI is InChI=1S/C22H27NO2/c24-17-22(14-8-3-9-15-22)16-23-21(25)20(18-10-4-1-5-11-18)19-12-6-2-7-13-19/h1-2,4-7,10-13,20,24H,3,8-9,14-17H2,(H,23,25). The van der Waals surface area contributed by atoms with E-state index >= 15 is 0 Å². The number of carbonyl (C=O) groups excluding carboxylic acids is 1. The van der Waals surface area contributed by atoms with Crippen molar-refractivity contribution in [1.29, 1.82) is 0 Å². The summed E-state index contributed by atoms with van der Waals surface area (Å²) in [4.78, 5) is 13.1. The first-order chi connectivity index (χ1) is 12.2. The van der Waals surface area contributed by atoms with Crippen molar-refractivity contribution in [1.82, 2.24) is 5.32 Å². The van der Waals surface area contributed by atoms with Gasteiger partial charge in [-0.1, -0.05) is 79.9 Å². The van der Waals surface area contributed by atoms with E-state index in [-0.39, 0.29) is 23.8 Å². The zero-order valence-electron chi connectivity index (χ0n) is 14.7. The number of aliphatic hydroxyl groups excluding tert-OH is 1. The Morgan fingerprint density at radius 3 is 1.92 bits per heavy atom. The minimum absolute atomic E-state index is 0.01000. The van der Waals surface area contributed by atoms with Crippen LogP contribution in [0.5, 0.6) is 0 Å². The molecule has 2 N–H and O–H groups in total. The summed E-state index contributed by atoms with van der Waals surface area (Å²) in [5.41, 5.74) is 1.84. The molecule has 132 valence electrons. The van der Waals surface area contributed by atoms with Crippen molar-refractivity contribution in [3.8, 4) is 0 Å². The highest BCUT2D eigenvalue weighted by atomic mass is 16.3. The van der Waals surface area contributed by atoms with Crippen molar-refractivity contribution in [2.45, 2.75) is 38.0 Å². The number of hydrogen-bond acceptors (Lipinski definition) is 2. The van der Waals surface area contributed by atoms with Gasteiger partial charge in [-0.2, -0.15) is 0 Å². The molecule has 25 heavy (non-hydrogen) atoms. The molecule has 2 aromatic rings. The van der Waals surface area contributed by atoms with Crippen LogP contribution in [0.2, 0.25) is 0 Å². The van der Waals surface area contributed by atoms with Gasteiger partial charge in [-0.15, -0.1) is 0 Å². The van der Waals surface area contributed by atoms with Gasteiger partial charge in [0.05, 0.1) is 12.5 Å². The van der Waals surface area contributed by atoms with Crippen molar-refractivity contribution in [2.75, 3.05) is 13.2 Å². The third kappa shape index (κ3) is 4.29. The Bertz CT molecular complexity index is 623. The Labute approximate surface area is 150 Å². The lowest BCUT2D eigenvalue weighted by molar-refractivity contribution is -0.122. The fourth-order valence-corrected chi connectivity index (χ4v) is 3.86. The van der Waals surface area contributed by atoms with E-state index in [1.165, 1.54) is 6.42 Å². The summed E-state index contributed by atoms with van der Waals surface area (Å²) in [6, 6.07) is 19.8. The zero-order valence-corrected chi connectivity index (χ0v) is 14.7. The van der Waals surface area contributed by atoms with Crippen LogP contribution in [0.25, 0.3) is 0 Å². The predicted molar refractivity (Wildman–Crippen MR) is 100 cm³/mol. The maximum atomic E-state index is 13.1. The van der Waals surface area contributed by atoms with Gasteiger partial charge in [0, 0.05) is 12.0 Å². The lowest BCUT2D eigenvalue weighted by atomic mass is 9.74. The minimum atomic E-state index is -0.318. The van der Waals surface area contributed by atoms with Gasteiger partial charge in [0.25, 0.3) is 0 Å². The summed E-state index contributed by atoms with van der Waals surface area (Å²) >= 11 is 0. The number of rotatable bonds is 6. The highest BCUT2D eigenvalue weighted by molar-refractivity contribution is 5.87. The molecular weight excluding hydrogens is 310 g/mol. The first-order valence-electron chi connectivity index (χ1n) is 9.23. The smallest absolute Gasteiger partial charge is 0.232 e. The molecule has 0 unspecified atom stereocenters. The highest BCUT2D eigenvalue weighted by Gasteiger charge is 2.33. The first kappa shape index (κ1) is 17.7.